The summed E-state index contributed by atoms with van der Waals surface area (Å²) >= 11 is 0. The number of carbonyl (C=O) groups is 1. The predicted molar refractivity (Wildman–Crippen MR) is 130 cm³/mol. The fraction of sp³-hybridized carbons (Fsp3) is 0.208. The second kappa shape index (κ2) is 13.5. The summed E-state index contributed by atoms with van der Waals surface area (Å²) in [6, 6.07) is 13.2. The van der Waals surface area contributed by atoms with E-state index in [0.717, 1.165) is 12.3 Å². The Bertz CT molecular complexity index is 1080. The molecule has 0 spiro atoms. The molecule has 180 valence electrons. The van der Waals surface area contributed by atoms with Gasteiger partial charge in [0.1, 0.15) is 12.4 Å². The molecule has 2 aromatic carbocycles. The minimum atomic E-state index is -0.833. The van der Waals surface area contributed by atoms with Gasteiger partial charge in [-0.05, 0) is 48.5 Å². The summed E-state index contributed by atoms with van der Waals surface area (Å²) in [5.74, 6) is -0.876. The average Bonchev–Trinajstić information content (AvgIpc) is 2.87. The highest BCUT2D eigenvalue weighted by Gasteiger charge is 2.16. The fourth-order valence-electron chi connectivity index (χ4n) is 2.60. The Hall–Kier alpha value is -4.02. The summed E-state index contributed by atoms with van der Waals surface area (Å²) in [5, 5.41) is 16.6. The molecule has 3 rings (SSSR count). The maximum atomic E-state index is 14.3. The summed E-state index contributed by atoms with van der Waals surface area (Å²) in [6.45, 7) is 8.29. The molecule has 0 aliphatic heterocycles. The Labute approximate surface area is 197 Å². The monoisotopic (exact) mass is 469 g/mol. The van der Waals surface area contributed by atoms with Gasteiger partial charge in [-0.2, -0.15) is 4.98 Å². The van der Waals surface area contributed by atoms with Crippen molar-refractivity contribution < 1.29 is 23.9 Å². The minimum Gasteiger partial charge on any atom is -0.491 e. The smallest absolute Gasteiger partial charge is 0.247 e. The molecule has 1 amide bonds. The number of halogens is 1. The highest BCUT2D eigenvalue weighted by molar-refractivity contribution is 5.99. The quantitative estimate of drug-likeness (QED) is 0.215. The Morgan fingerprint density at radius 2 is 1.91 bits per heavy atom. The molecule has 0 bridgehead atoms. The van der Waals surface area contributed by atoms with E-state index in [1.54, 1.807) is 43.5 Å². The molecule has 0 aliphatic rings. The topological polar surface area (TPSA) is 109 Å². The zero-order valence-corrected chi connectivity index (χ0v) is 19.3. The third kappa shape index (κ3) is 7.54. The van der Waals surface area contributed by atoms with Gasteiger partial charge in [-0.25, -0.2) is 14.4 Å². The van der Waals surface area contributed by atoms with E-state index in [9.17, 15) is 14.4 Å². The lowest BCUT2D eigenvalue weighted by Crippen LogP contribution is -2.16. The highest BCUT2D eigenvalue weighted by Crippen LogP contribution is 2.27. The first-order valence-corrected chi connectivity index (χ1v) is 10.5. The van der Waals surface area contributed by atoms with Crippen LogP contribution in [0.4, 0.5) is 33.2 Å². The maximum Gasteiger partial charge on any atom is 0.247 e. The van der Waals surface area contributed by atoms with Crippen LogP contribution in [0.3, 0.4) is 0 Å². The van der Waals surface area contributed by atoms with E-state index in [-0.39, 0.29) is 17.5 Å². The number of nitrogens with one attached hydrogen (secondary N) is 2. The van der Waals surface area contributed by atoms with Gasteiger partial charge in [0.2, 0.25) is 11.9 Å². The Morgan fingerprint density at radius 1 is 1.18 bits per heavy atom. The number of hydrogen-bond donors (Lipinski definition) is 3. The van der Waals surface area contributed by atoms with Gasteiger partial charge in [-0.15, -0.1) is 0 Å². The third-order valence-electron chi connectivity index (χ3n) is 4.14. The average molecular weight is 470 g/mol. The molecule has 0 saturated carbocycles. The molecule has 0 saturated heterocycles. The lowest BCUT2D eigenvalue weighted by Gasteiger charge is -2.18. The van der Waals surface area contributed by atoms with Crippen molar-refractivity contribution in [2.45, 2.75) is 13.8 Å². The third-order valence-corrected chi connectivity index (χ3v) is 4.14. The van der Waals surface area contributed by atoms with Gasteiger partial charge in [0.05, 0.1) is 18.5 Å². The number of methoxy groups -OCH3 is 1. The number of rotatable bonds is 10. The van der Waals surface area contributed by atoms with Crippen LogP contribution in [0.1, 0.15) is 13.8 Å². The molecule has 0 radical (unpaired) electrons. The van der Waals surface area contributed by atoms with Gasteiger partial charge < -0.3 is 20.1 Å². The molecule has 9 nitrogen and oxygen atoms in total. The Morgan fingerprint density at radius 3 is 2.59 bits per heavy atom. The van der Waals surface area contributed by atoms with Crippen LogP contribution in [-0.4, -0.2) is 41.4 Å². The van der Waals surface area contributed by atoms with Crippen LogP contribution < -0.4 is 20.4 Å². The lowest BCUT2D eigenvalue weighted by molar-refractivity contribution is -0.111. The second-order valence-corrected chi connectivity index (χ2v) is 6.41. The summed E-state index contributed by atoms with van der Waals surface area (Å²) in [7, 11) is 1.60. The van der Waals surface area contributed by atoms with Gasteiger partial charge >= 0.3 is 0 Å². The van der Waals surface area contributed by atoms with Crippen molar-refractivity contribution in [3.8, 4) is 5.75 Å². The number of aromatic nitrogens is 2. The first-order chi connectivity index (χ1) is 16.5. The summed E-state index contributed by atoms with van der Waals surface area (Å²) in [6.07, 6.45) is 2.06. The molecule has 0 aliphatic carbocycles. The van der Waals surface area contributed by atoms with Crippen LogP contribution in [-0.2, 0) is 9.53 Å². The first-order valence-electron chi connectivity index (χ1n) is 10.5. The number of nitrogens with zero attached hydrogens (tertiary/aromatic N) is 3. The zero-order chi connectivity index (χ0) is 24.9. The van der Waals surface area contributed by atoms with Gasteiger partial charge in [-0.1, -0.05) is 26.5 Å². The van der Waals surface area contributed by atoms with Gasteiger partial charge in [0.25, 0.3) is 0 Å². The van der Waals surface area contributed by atoms with Crippen molar-refractivity contribution in [3.05, 3.63) is 73.2 Å². The molecule has 1 aromatic heterocycles. The number of anilines is 5. The highest BCUT2D eigenvalue weighted by atomic mass is 19.1. The van der Waals surface area contributed by atoms with E-state index >= 15 is 0 Å². The Balaban J connectivity index is 0.00000199. The van der Waals surface area contributed by atoms with Crippen molar-refractivity contribution >= 4 is 34.7 Å². The van der Waals surface area contributed by atoms with Crippen LogP contribution in [0.25, 0.3) is 0 Å². The van der Waals surface area contributed by atoms with Crippen LogP contribution in [0, 0.1) is 5.82 Å². The van der Waals surface area contributed by atoms with Crippen LogP contribution in [0.15, 0.2) is 67.4 Å². The molecule has 0 fully saturated rings. The predicted octanol–water partition coefficient (Wildman–Crippen LogP) is 5.06. The minimum absolute atomic E-state index is 0.0737. The largest absolute Gasteiger partial charge is 0.491 e. The zero-order valence-electron chi connectivity index (χ0n) is 19.3. The van der Waals surface area contributed by atoms with Crippen molar-refractivity contribution in [1.82, 2.24) is 9.97 Å². The second-order valence-electron chi connectivity index (χ2n) is 6.41. The van der Waals surface area contributed by atoms with Crippen LogP contribution >= 0.6 is 0 Å². The van der Waals surface area contributed by atoms with Gasteiger partial charge in [0, 0.05) is 18.5 Å². The maximum absolute atomic E-state index is 14.3. The molecular formula is C24H28FN5O4. The number of carbonyl (C=O) groups excluding carboxylic acids is 1. The van der Waals surface area contributed by atoms with E-state index in [1.165, 1.54) is 12.1 Å². The standard InChI is InChI=1S/C22H22FN5O4.C2H6/c1-3-20(29)25-16-5-4-6-17(13-16)28(30)21-19(23)14-24-22(27-21)26-15-7-9-18(10-8-15)32-12-11-31-2;1-2/h3-10,13-14,30H,1,11-12H2,2H3,(H,25,29)(H,24,26,27);1-2H3. The van der Waals surface area contributed by atoms with E-state index in [1.807, 2.05) is 13.8 Å². The van der Waals surface area contributed by atoms with Crippen molar-refractivity contribution in [1.29, 1.82) is 0 Å². The van der Waals surface area contributed by atoms with Crippen molar-refractivity contribution in [3.63, 3.8) is 0 Å². The molecule has 0 unspecified atom stereocenters. The molecule has 0 atom stereocenters. The van der Waals surface area contributed by atoms with Gasteiger partial charge in [-0.3, -0.25) is 10.0 Å². The molecule has 3 aromatic rings. The van der Waals surface area contributed by atoms with Crippen molar-refractivity contribution in [2.75, 3.05) is 36.0 Å². The normalized spacial score (nSPS) is 9.91. The number of benzene rings is 2. The molecule has 10 heteroatoms. The Kier molecular flexibility index (Phi) is 10.4. The summed E-state index contributed by atoms with van der Waals surface area (Å²) in [4.78, 5) is 19.5. The SMILES string of the molecule is C=CC(=O)Nc1cccc(N(O)c2nc(Nc3ccc(OCCOC)cc3)ncc2F)c1.CC. The lowest BCUT2D eigenvalue weighted by atomic mass is 10.2. The first kappa shape index (κ1) is 26.2. The number of hydrogen-bond acceptors (Lipinski definition) is 8. The molecule has 1 heterocycles. The van der Waals surface area contributed by atoms with Crippen molar-refractivity contribution in [2.24, 2.45) is 0 Å². The van der Waals surface area contributed by atoms with E-state index < -0.39 is 11.7 Å². The van der Waals surface area contributed by atoms with Gasteiger partial charge in [0.15, 0.2) is 11.6 Å². The van der Waals surface area contributed by atoms with Crippen LogP contribution in [0.5, 0.6) is 5.75 Å². The molecular weight excluding hydrogens is 441 g/mol. The fourth-order valence-corrected chi connectivity index (χ4v) is 2.60. The number of ether oxygens (including phenoxy) is 2. The van der Waals surface area contributed by atoms with E-state index in [2.05, 4.69) is 27.2 Å². The number of amides is 1. The van der Waals surface area contributed by atoms with E-state index in [4.69, 9.17) is 9.47 Å². The molecule has 34 heavy (non-hydrogen) atoms. The van der Waals surface area contributed by atoms with Crippen LogP contribution in [0.2, 0.25) is 0 Å². The molecule has 3 N–H and O–H groups in total. The summed E-state index contributed by atoms with van der Waals surface area (Å²) < 4.78 is 24.8. The summed E-state index contributed by atoms with van der Waals surface area (Å²) in [5.41, 5.74) is 1.22. The van der Waals surface area contributed by atoms with E-state index in [0.29, 0.717) is 35.4 Å².